The van der Waals surface area contributed by atoms with Gasteiger partial charge in [-0.1, -0.05) is 29.8 Å². The van der Waals surface area contributed by atoms with Gasteiger partial charge >= 0.3 is 0 Å². The highest BCUT2D eigenvalue weighted by molar-refractivity contribution is 7.99. The first-order valence-electron chi connectivity index (χ1n) is 5.86. The number of amides is 2. The molecule has 0 bridgehead atoms. The molecule has 1 unspecified atom stereocenters. The number of thioether (sulfide) groups is 1. The number of nitrogens with one attached hydrogen (secondary N) is 1. The monoisotopic (exact) mass is 282 g/mol. The number of aliphatic hydroxyl groups is 1. The van der Waals surface area contributed by atoms with E-state index in [2.05, 4.69) is 5.32 Å². The van der Waals surface area contributed by atoms with Crippen molar-refractivity contribution in [3.63, 3.8) is 0 Å². The molecule has 6 heteroatoms. The lowest BCUT2D eigenvalue weighted by molar-refractivity contribution is -0.126. The lowest BCUT2D eigenvalue weighted by Gasteiger charge is -2.08. The van der Waals surface area contributed by atoms with Gasteiger partial charge in [0.15, 0.2) is 0 Å². The number of primary amides is 1. The molecule has 1 aromatic rings. The molecule has 2 amide bonds. The Kier molecular flexibility index (Phi) is 6.38. The normalized spacial score (nSPS) is 11.9. The van der Waals surface area contributed by atoms with Crippen LogP contribution in [-0.4, -0.2) is 35.3 Å². The van der Waals surface area contributed by atoms with Gasteiger partial charge in [-0.2, -0.15) is 0 Å². The number of benzene rings is 1. The van der Waals surface area contributed by atoms with Gasteiger partial charge in [-0.25, -0.2) is 0 Å². The van der Waals surface area contributed by atoms with Gasteiger partial charge in [-0.3, -0.25) is 9.59 Å². The molecule has 5 nitrogen and oxygen atoms in total. The van der Waals surface area contributed by atoms with E-state index < -0.39 is 12.0 Å². The Balaban J connectivity index is 2.20. The zero-order valence-electron chi connectivity index (χ0n) is 10.8. The molecule has 0 aliphatic heterocycles. The summed E-state index contributed by atoms with van der Waals surface area (Å²) in [4.78, 5) is 22.0. The Labute approximate surface area is 116 Å². The van der Waals surface area contributed by atoms with E-state index >= 15 is 0 Å². The summed E-state index contributed by atoms with van der Waals surface area (Å²) in [5.41, 5.74) is 7.22. The predicted molar refractivity (Wildman–Crippen MR) is 75.6 cm³/mol. The molecule has 1 atom stereocenters. The van der Waals surface area contributed by atoms with Gasteiger partial charge in [0, 0.05) is 5.75 Å². The molecule has 0 spiro atoms. The first-order chi connectivity index (χ1) is 8.99. The van der Waals surface area contributed by atoms with Crippen molar-refractivity contribution in [1.82, 2.24) is 5.32 Å². The Bertz CT molecular complexity index is 434. The summed E-state index contributed by atoms with van der Waals surface area (Å²) in [6.07, 6.45) is -1.33. The van der Waals surface area contributed by atoms with Gasteiger partial charge in [0.25, 0.3) is 0 Å². The van der Waals surface area contributed by atoms with E-state index in [0.29, 0.717) is 0 Å². The third-order valence-corrected chi connectivity index (χ3v) is 3.45. The zero-order chi connectivity index (χ0) is 14.3. The Morgan fingerprint density at radius 1 is 1.37 bits per heavy atom. The molecule has 19 heavy (non-hydrogen) atoms. The van der Waals surface area contributed by atoms with Crippen LogP contribution >= 0.6 is 11.8 Å². The van der Waals surface area contributed by atoms with Gasteiger partial charge in [-0.05, 0) is 12.5 Å². The molecule has 0 aliphatic carbocycles. The quantitative estimate of drug-likeness (QED) is 0.665. The van der Waals surface area contributed by atoms with E-state index in [1.54, 1.807) is 0 Å². The SMILES string of the molecule is Cc1ccc(CSCC(=O)NCC(O)C(N)=O)cc1. The zero-order valence-corrected chi connectivity index (χ0v) is 11.6. The van der Waals surface area contributed by atoms with Crippen LogP contribution in [0.1, 0.15) is 11.1 Å². The van der Waals surface area contributed by atoms with Crippen molar-refractivity contribution in [2.75, 3.05) is 12.3 Å². The topological polar surface area (TPSA) is 92.4 Å². The molecule has 1 aromatic carbocycles. The lowest BCUT2D eigenvalue weighted by atomic mass is 10.2. The smallest absolute Gasteiger partial charge is 0.248 e. The molecule has 1 rings (SSSR count). The number of rotatable bonds is 7. The fraction of sp³-hybridized carbons (Fsp3) is 0.385. The van der Waals surface area contributed by atoms with Crippen LogP contribution in [0.3, 0.4) is 0 Å². The van der Waals surface area contributed by atoms with E-state index in [-0.39, 0.29) is 18.2 Å². The van der Waals surface area contributed by atoms with Crippen LogP contribution in [0.2, 0.25) is 0 Å². The Hall–Kier alpha value is -1.53. The van der Waals surface area contributed by atoms with Gasteiger partial charge in [0.1, 0.15) is 6.10 Å². The van der Waals surface area contributed by atoms with Crippen LogP contribution in [0.5, 0.6) is 0 Å². The molecule has 4 N–H and O–H groups in total. The summed E-state index contributed by atoms with van der Waals surface area (Å²) in [7, 11) is 0. The van der Waals surface area contributed by atoms with Crippen LogP contribution in [0, 0.1) is 6.92 Å². The predicted octanol–water partition coefficient (Wildman–Crippen LogP) is 0.191. The van der Waals surface area contributed by atoms with Gasteiger partial charge < -0.3 is 16.2 Å². The summed E-state index contributed by atoms with van der Waals surface area (Å²) in [6.45, 7) is 1.88. The van der Waals surface area contributed by atoms with Gasteiger partial charge in [-0.15, -0.1) is 11.8 Å². The van der Waals surface area contributed by atoms with Crippen molar-refractivity contribution in [2.24, 2.45) is 5.73 Å². The minimum atomic E-state index is -1.33. The number of carbonyl (C=O) groups is 2. The number of hydrogen-bond donors (Lipinski definition) is 3. The molecule has 0 saturated carbocycles. The maximum atomic E-state index is 11.4. The van der Waals surface area contributed by atoms with Gasteiger partial charge in [0.2, 0.25) is 11.8 Å². The first-order valence-corrected chi connectivity index (χ1v) is 7.02. The highest BCUT2D eigenvalue weighted by Crippen LogP contribution is 2.12. The second-order valence-electron chi connectivity index (χ2n) is 4.20. The van der Waals surface area contributed by atoms with Crippen molar-refractivity contribution < 1.29 is 14.7 Å². The van der Waals surface area contributed by atoms with Crippen LogP contribution in [-0.2, 0) is 15.3 Å². The molecule has 0 radical (unpaired) electrons. The summed E-state index contributed by atoms with van der Waals surface area (Å²) in [5.74, 6) is -0.0455. The molecule has 0 saturated heterocycles. The molecular weight excluding hydrogens is 264 g/mol. The summed E-state index contributed by atoms with van der Waals surface area (Å²) in [5, 5.41) is 11.6. The minimum Gasteiger partial charge on any atom is -0.381 e. The van der Waals surface area contributed by atoms with Crippen molar-refractivity contribution in [2.45, 2.75) is 18.8 Å². The van der Waals surface area contributed by atoms with Crippen LogP contribution in [0.15, 0.2) is 24.3 Å². The van der Waals surface area contributed by atoms with E-state index in [0.717, 1.165) is 11.3 Å². The average molecular weight is 282 g/mol. The van der Waals surface area contributed by atoms with Crippen LogP contribution in [0.4, 0.5) is 0 Å². The third-order valence-electron chi connectivity index (χ3n) is 2.44. The number of aliphatic hydroxyl groups excluding tert-OH is 1. The number of hydrogen-bond acceptors (Lipinski definition) is 4. The highest BCUT2D eigenvalue weighted by atomic mass is 32.2. The van der Waals surface area contributed by atoms with E-state index in [4.69, 9.17) is 10.8 Å². The summed E-state index contributed by atoms with van der Waals surface area (Å²) in [6, 6.07) is 8.10. The van der Waals surface area contributed by atoms with Crippen LogP contribution < -0.4 is 11.1 Å². The Morgan fingerprint density at radius 2 is 2.00 bits per heavy atom. The van der Waals surface area contributed by atoms with E-state index in [1.165, 1.54) is 17.3 Å². The van der Waals surface area contributed by atoms with Crippen molar-refractivity contribution in [3.8, 4) is 0 Å². The second-order valence-corrected chi connectivity index (χ2v) is 5.19. The lowest BCUT2D eigenvalue weighted by Crippen LogP contribution is -2.40. The average Bonchev–Trinajstić information content (AvgIpc) is 2.38. The fourth-order valence-corrected chi connectivity index (χ4v) is 2.13. The van der Waals surface area contributed by atoms with Crippen molar-refractivity contribution >= 4 is 23.6 Å². The largest absolute Gasteiger partial charge is 0.381 e. The maximum Gasteiger partial charge on any atom is 0.248 e. The van der Waals surface area contributed by atoms with Gasteiger partial charge in [0.05, 0.1) is 12.3 Å². The summed E-state index contributed by atoms with van der Waals surface area (Å²) < 4.78 is 0. The third kappa shape index (κ3) is 6.26. The van der Waals surface area contributed by atoms with E-state index in [1.807, 2.05) is 31.2 Å². The molecule has 0 aromatic heterocycles. The van der Waals surface area contributed by atoms with Crippen LogP contribution in [0.25, 0.3) is 0 Å². The number of nitrogens with two attached hydrogens (primary N) is 1. The highest BCUT2D eigenvalue weighted by Gasteiger charge is 2.11. The minimum absolute atomic E-state index is 0.140. The second kappa shape index (κ2) is 7.81. The number of carbonyl (C=O) groups excluding carboxylic acids is 2. The standard InChI is InChI=1S/C13H18N2O3S/c1-9-2-4-10(5-3-9)7-19-8-12(17)15-6-11(16)13(14)18/h2-5,11,16H,6-8H2,1H3,(H2,14,18)(H,15,17). The first kappa shape index (κ1) is 15.5. The van der Waals surface area contributed by atoms with Crippen molar-refractivity contribution in [1.29, 1.82) is 0 Å². The molecule has 104 valence electrons. The van der Waals surface area contributed by atoms with Crippen molar-refractivity contribution in [3.05, 3.63) is 35.4 Å². The number of aryl methyl sites for hydroxylation is 1. The molecule has 0 heterocycles. The van der Waals surface area contributed by atoms with E-state index in [9.17, 15) is 9.59 Å². The Morgan fingerprint density at radius 3 is 2.58 bits per heavy atom. The fourth-order valence-electron chi connectivity index (χ4n) is 1.31. The maximum absolute atomic E-state index is 11.4. The summed E-state index contributed by atoms with van der Waals surface area (Å²) >= 11 is 1.47. The molecule has 0 fully saturated rings. The molecule has 0 aliphatic rings. The molecular formula is C13H18N2O3S.